The van der Waals surface area contributed by atoms with Crippen LogP contribution in [0.25, 0.3) is 5.70 Å². The number of aromatic nitrogens is 1. The summed E-state index contributed by atoms with van der Waals surface area (Å²) >= 11 is 0. The summed E-state index contributed by atoms with van der Waals surface area (Å²) in [4.78, 5) is 16.5. The van der Waals surface area contributed by atoms with E-state index >= 15 is 0 Å². The fourth-order valence-electron chi connectivity index (χ4n) is 3.15. The van der Waals surface area contributed by atoms with Crippen LogP contribution in [0, 0.1) is 6.92 Å². The molecule has 0 saturated heterocycles. The average molecular weight is 409 g/mol. The van der Waals surface area contributed by atoms with E-state index in [-0.39, 0.29) is 19.1 Å². The Morgan fingerprint density at radius 1 is 1.17 bits per heavy atom. The Morgan fingerprint density at radius 2 is 1.93 bits per heavy atom. The smallest absolute Gasteiger partial charge is 0.251 e. The Labute approximate surface area is 176 Å². The van der Waals surface area contributed by atoms with Crippen molar-refractivity contribution in [2.75, 3.05) is 26.4 Å². The molecule has 0 saturated carbocycles. The molecule has 2 heterocycles. The molecule has 1 amide bonds. The van der Waals surface area contributed by atoms with E-state index in [1.165, 1.54) is 0 Å². The number of dihydropyridines is 1. The lowest BCUT2D eigenvalue weighted by Gasteiger charge is -2.34. The molecule has 4 N–H and O–H groups in total. The number of nitrogens with zero attached hydrogens (tertiary/aromatic N) is 1. The number of hydrogen-bond acceptors (Lipinski definition) is 6. The average Bonchev–Trinajstić information content (AvgIpc) is 2.79. The fraction of sp³-hybridized carbons (Fsp3) is 0.304. The van der Waals surface area contributed by atoms with Gasteiger partial charge in [0.25, 0.3) is 5.91 Å². The highest BCUT2D eigenvalue weighted by Gasteiger charge is 2.32. The van der Waals surface area contributed by atoms with Crippen LogP contribution < -0.4 is 10.6 Å². The van der Waals surface area contributed by atoms with E-state index in [9.17, 15) is 15.0 Å². The lowest BCUT2D eigenvalue weighted by Crippen LogP contribution is -2.51. The number of allylic oxidation sites excluding steroid dienone is 1. The van der Waals surface area contributed by atoms with E-state index in [1.807, 2.05) is 37.3 Å². The van der Waals surface area contributed by atoms with Gasteiger partial charge in [0.2, 0.25) is 0 Å². The van der Waals surface area contributed by atoms with E-state index in [0.29, 0.717) is 36.6 Å². The third-order valence-corrected chi connectivity index (χ3v) is 4.83. The molecule has 7 nitrogen and oxygen atoms in total. The summed E-state index contributed by atoms with van der Waals surface area (Å²) in [6.45, 7) is 2.19. The Morgan fingerprint density at radius 3 is 2.63 bits per heavy atom. The van der Waals surface area contributed by atoms with Crippen molar-refractivity contribution in [3.63, 3.8) is 0 Å². The first-order chi connectivity index (χ1) is 14.6. The van der Waals surface area contributed by atoms with Crippen molar-refractivity contribution in [3.05, 3.63) is 83.4 Å². The van der Waals surface area contributed by atoms with E-state index in [2.05, 4.69) is 15.6 Å². The number of carbonyl (C=O) groups is 1. The monoisotopic (exact) mass is 409 g/mol. The van der Waals surface area contributed by atoms with Crippen molar-refractivity contribution < 1.29 is 19.7 Å². The minimum atomic E-state index is -1.04. The molecule has 30 heavy (non-hydrogen) atoms. The van der Waals surface area contributed by atoms with E-state index in [4.69, 9.17) is 4.74 Å². The van der Waals surface area contributed by atoms with Gasteiger partial charge in [-0.1, -0.05) is 24.3 Å². The molecule has 0 spiro atoms. The van der Waals surface area contributed by atoms with Crippen LogP contribution in [0.3, 0.4) is 0 Å². The summed E-state index contributed by atoms with van der Waals surface area (Å²) in [6, 6.07) is 12.8. The van der Waals surface area contributed by atoms with E-state index < -0.39 is 5.54 Å². The number of aryl methyl sites for hydroxylation is 1. The van der Waals surface area contributed by atoms with E-state index in [0.717, 1.165) is 11.3 Å². The highest BCUT2D eigenvalue weighted by molar-refractivity contribution is 5.94. The summed E-state index contributed by atoms with van der Waals surface area (Å²) in [6.07, 6.45) is 5.79. The summed E-state index contributed by atoms with van der Waals surface area (Å²) in [5, 5.41) is 25.7. The predicted octanol–water partition coefficient (Wildman–Crippen LogP) is 1.78. The second-order valence-electron chi connectivity index (χ2n) is 7.19. The van der Waals surface area contributed by atoms with Crippen molar-refractivity contribution in [1.82, 2.24) is 15.6 Å². The van der Waals surface area contributed by atoms with Gasteiger partial charge in [0.05, 0.1) is 31.2 Å². The molecular formula is C23H27N3O4. The topological polar surface area (TPSA) is 104 Å². The van der Waals surface area contributed by atoms with Crippen LogP contribution in [0.2, 0.25) is 0 Å². The molecule has 0 radical (unpaired) electrons. The quantitative estimate of drug-likeness (QED) is 0.471. The third-order valence-electron chi connectivity index (χ3n) is 4.83. The summed E-state index contributed by atoms with van der Waals surface area (Å²) in [7, 11) is 0. The number of pyridine rings is 1. The van der Waals surface area contributed by atoms with Crippen LogP contribution in [-0.4, -0.2) is 53.0 Å². The van der Waals surface area contributed by atoms with Gasteiger partial charge in [0.15, 0.2) is 0 Å². The number of rotatable bonds is 9. The first-order valence-electron chi connectivity index (χ1n) is 9.89. The number of benzene rings is 1. The zero-order valence-electron chi connectivity index (χ0n) is 17.0. The van der Waals surface area contributed by atoms with Crippen LogP contribution in [-0.2, 0) is 4.74 Å². The van der Waals surface area contributed by atoms with Gasteiger partial charge in [-0.25, -0.2) is 0 Å². The molecule has 1 aliphatic heterocycles. The number of aliphatic hydroxyl groups is 2. The number of nitrogens with one attached hydrogen (secondary N) is 2. The Kier molecular flexibility index (Phi) is 7.21. The van der Waals surface area contributed by atoms with Gasteiger partial charge < -0.3 is 25.6 Å². The van der Waals surface area contributed by atoms with Crippen molar-refractivity contribution >= 4 is 11.6 Å². The van der Waals surface area contributed by atoms with Crippen molar-refractivity contribution in [1.29, 1.82) is 0 Å². The largest absolute Gasteiger partial charge is 0.494 e. The summed E-state index contributed by atoms with van der Waals surface area (Å²) in [5.41, 5.74) is 1.95. The van der Waals surface area contributed by atoms with Gasteiger partial charge in [-0.2, -0.15) is 0 Å². The summed E-state index contributed by atoms with van der Waals surface area (Å²) < 4.78 is 5.86. The molecule has 1 aromatic carbocycles. The lowest BCUT2D eigenvalue weighted by atomic mass is 9.95. The third kappa shape index (κ3) is 5.25. The van der Waals surface area contributed by atoms with Crippen LogP contribution >= 0.6 is 0 Å². The van der Waals surface area contributed by atoms with E-state index in [1.54, 1.807) is 30.5 Å². The number of amides is 1. The molecule has 3 rings (SSSR count). The fourth-order valence-corrected chi connectivity index (χ4v) is 3.15. The van der Waals surface area contributed by atoms with Crippen molar-refractivity contribution in [2.45, 2.75) is 18.9 Å². The number of hydrogen-bond donors (Lipinski definition) is 4. The second kappa shape index (κ2) is 10.0. The van der Waals surface area contributed by atoms with Crippen LogP contribution in [0.4, 0.5) is 0 Å². The second-order valence-corrected chi connectivity index (χ2v) is 7.19. The number of ether oxygens (including phenoxy) is 1. The standard InChI is InChI=1S/C23H27N3O4/c1-17-7-5-10-24-21(17)20-13-19(14-23(15-27,16-28)26-20)30-12-6-11-25-22(29)18-8-3-2-4-9-18/h2-5,7-10,13-14,26-28H,6,11-12,15-16H2,1H3,(H,25,29). The Balaban J connectivity index is 1.61. The molecule has 7 heteroatoms. The normalized spacial score (nSPS) is 14.9. The maximum absolute atomic E-state index is 12.1. The van der Waals surface area contributed by atoms with Crippen LogP contribution in [0.5, 0.6) is 0 Å². The van der Waals surface area contributed by atoms with Gasteiger partial charge in [0.1, 0.15) is 11.3 Å². The molecule has 0 unspecified atom stereocenters. The van der Waals surface area contributed by atoms with Crippen LogP contribution in [0.1, 0.15) is 28.0 Å². The van der Waals surface area contributed by atoms with Crippen molar-refractivity contribution in [2.24, 2.45) is 0 Å². The molecule has 0 fully saturated rings. The predicted molar refractivity (Wildman–Crippen MR) is 114 cm³/mol. The minimum absolute atomic E-state index is 0.121. The molecule has 0 bridgehead atoms. The minimum Gasteiger partial charge on any atom is -0.494 e. The molecule has 1 aliphatic rings. The maximum atomic E-state index is 12.1. The summed E-state index contributed by atoms with van der Waals surface area (Å²) in [5.74, 6) is 0.412. The first-order valence-corrected chi connectivity index (χ1v) is 9.89. The highest BCUT2D eigenvalue weighted by Crippen LogP contribution is 2.26. The lowest BCUT2D eigenvalue weighted by molar-refractivity contribution is 0.0949. The maximum Gasteiger partial charge on any atom is 0.251 e. The van der Waals surface area contributed by atoms with Gasteiger partial charge in [0, 0.05) is 24.4 Å². The van der Waals surface area contributed by atoms with Gasteiger partial charge >= 0.3 is 0 Å². The molecule has 1 aromatic heterocycles. The molecule has 0 atom stereocenters. The molecule has 2 aromatic rings. The molecular weight excluding hydrogens is 382 g/mol. The number of carbonyl (C=O) groups excluding carboxylic acids is 1. The van der Waals surface area contributed by atoms with Gasteiger partial charge in [-0.05, 0) is 43.2 Å². The van der Waals surface area contributed by atoms with Gasteiger partial charge in [-0.3, -0.25) is 9.78 Å². The SMILES string of the molecule is Cc1cccnc1C1=CC(OCCCNC(=O)c2ccccc2)=CC(CO)(CO)N1. The Bertz CT molecular complexity index is 921. The van der Waals surface area contributed by atoms with Crippen molar-refractivity contribution in [3.8, 4) is 0 Å². The molecule has 0 aliphatic carbocycles. The number of aliphatic hydroxyl groups excluding tert-OH is 2. The zero-order valence-corrected chi connectivity index (χ0v) is 17.0. The first kappa shape index (κ1) is 21.5. The molecule has 158 valence electrons. The van der Waals surface area contributed by atoms with Gasteiger partial charge in [-0.15, -0.1) is 0 Å². The highest BCUT2D eigenvalue weighted by atomic mass is 16.5. The Hall–Kier alpha value is -3.16. The zero-order chi connectivity index (χ0) is 21.4. The van der Waals surface area contributed by atoms with Crippen LogP contribution in [0.15, 0.2) is 66.6 Å².